The fourth-order valence-electron chi connectivity index (χ4n) is 3.93. The van der Waals surface area contributed by atoms with Gasteiger partial charge in [-0.25, -0.2) is 9.97 Å². The molecule has 3 aromatic rings. The monoisotopic (exact) mass is 453 g/mol. The highest BCUT2D eigenvalue weighted by atomic mass is 32.2. The molecule has 0 spiro atoms. The summed E-state index contributed by atoms with van der Waals surface area (Å²) in [5.41, 5.74) is 2.88. The molecule has 0 aliphatic carbocycles. The predicted octanol–water partition coefficient (Wildman–Crippen LogP) is 5.31. The molecule has 0 saturated carbocycles. The summed E-state index contributed by atoms with van der Waals surface area (Å²) in [6.07, 6.45) is 5.41. The number of unbranched alkanes of at least 4 members (excludes halogenated alkanes) is 3. The second-order valence-electron chi connectivity index (χ2n) is 8.83. The molecule has 0 saturated heterocycles. The van der Waals surface area contributed by atoms with Crippen molar-refractivity contribution in [2.45, 2.75) is 70.2 Å². The van der Waals surface area contributed by atoms with Crippen LogP contribution in [0.25, 0.3) is 16.7 Å². The minimum absolute atomic E-state index is 0.101. The third-order valence-electron chi connectivity index (χ3n) is 5.77. The van der Waals surface area contributed by atoms with Crippen molar-refractivity contribution in [3.05, 3.63) is 51.9 Å². The first-order valence-electron chi connectivity index (χ1n) is 11.3. The SMILES string of the molecule is CCCCCCSc1nc2nc3c(cc2c(=O)n1-c1ccc(OC)cc1)COC(C)(C)C3. The number of methoxy groups -OCH3 is 1. The Hall–Kier alpha value is -2.38. The first kappa shape index (κ1) is 22.8. The van der Waals surface area contributed by atoms with Gasteiger partial charge in [-0.2, -0.15) is 0 Å². The van der Waals surface area contributed by atoms with E-state index in [4.69, 9.17) is 19.4 Å². The van der Waals surface area contributed by atoms with Gasteiger partial charge in [0.15, 0.2) is 10.8 Å². The van der Waals surface area contributed by atoms with Crippen LogP contribution >= 0.6 is 11.8 Å². The van der Waals surface area contributed by atoms with Crippen molar-refractivity contribution in [2.75, 3.05) is 12.9 Å². The fraction of sp³-hybridized carbons (Fsp3) is 0.480. The van der Waals surface area contributed by atoms with Crippen LogP contribution < -0.4 is 10.3 Å². The Balaban J connectivity index is 1.79. The summed E-state index contributed by atoms with van der Waals surface area (Å²) in [6.45, 7) is 6.79. The van der Waals surface area contributed by atoms with E-state index in [2.05, 4.69) is 20.8 Å². The topological polar surface area (TPSA) is 66.2 Å². The van der Waals surface area contributed by atoms with Crippen LogP contribution in [0.4, 0.5) is 0 Å². The molecular formula is C25H31N3O3S. The van der Waals surface area contributed by atoms with E-state index in [-0.39, 0.29) is 11.2 Å². The molecule has 1 aliphatic rings. The van der Waals surface area contributed by atoms with E-state index < -0.39 is 0 Å². The minimum Gasteiger partial charge on any atom is -0.497 e. The maximum Gasteiger partial charge on any atom is 0.268 e. The molecule has 0 N–H and O–H groups in total. The Morgan fingerprint density at radius 2 is 1.94 bits per heavy atom. The third-order valence-corrected chi connectivity index (χ3v) is 6.79. The van der Waals surface area contributed by atoms with E-state index in [9.17, 15) is 4.79 Å². The molecule has 2 aromatic heterocycles. The van der Waals surface area contributed by atoms with Gasteiger partial charge in [0.05, 0.1) is 36.1 Å². The standard InChI is InChI=1S/C25H31N3O3S/c1-5-6-7-8-13-32-24-27-22-20(14-17-16-31-25(2,3)15-21(17)26-22)23(29)28(24)18-9-11-19(30-4)12-10-18/h9-12,14H,5-8,13,15-16H2,1-4H3. The minimum atomic E-state index is -0.261. The van der Waals surface area contributed by atoms with Crippen LogP contribution in [0, 0.1) is 0 Å². The fourth-order valence-corrected chi connectivity index (χ4v) is 4.93. The smallest absolute Gasteiger partial charge is 0.268 e. The number of aromatic nitrogens is 3. The quantitative estimate of drug-likeness (QED) is 0.261. The summed E-state index contributed by atoms with van der Waals surface area (Å²) in [7, 11) is 1.63. The molecule has 4 rings (SSSR count). The maximum absolute atomic E-state index is 13.7. The largest absolute Gasteiger partial charge is 0.497 e. The van der Waals surface area contributed by atoms with E-state index >= 15 is 0 Å². The molecule has 1 aliphatic heterocycles. The highest BCUT2D eigenvalue weighted by molar-refractivity contribution is 7.99. The third kappa shape index (κ3) is 4.84. The summed E-state index contributed by atoms with van der Waals surface area (Å²) < 4.78 is 12.9. The predicted molar refractivity (Wildman–Crippen MR) is 129 cm³/mol. The van der Waals surface area contributed by atoms with Crippen LogP contribution in [0.1, 0.15) is 57.7 Å². The zero-order valence-corrected chi connectivity index (χ0v) is 20.1. The van der Waals surface area contributed by atoms with Crippen LogP contribution in [0.3, 0.4) is 0 Å². The molecule has 0 bridgehead atoms. The second-order valence-corrected chi connectivity index (χ2v) is 9.89. The zero-order valence-electron chi connectivity index (χ0n) is 19.3. The van der Waals surface area contributed by atoms with Crippen molar-refractivity contribution in [3.63, 3.8) is 0 Å². The van der Waals surface area contributed by atoms with E-state index in [0.717, 1.165) is 34.9 Å². The molecule has 32 heavy (non-hydrogen) atoms. The van der Waals surface area contributed by atoms with Gasteiger partial charge in [-0.1, -0.05) is 37.9 Å². The average Bonchev–Trinajstić information content (AvgIpc) is 2.78. The first-order chi connectivity index (χ1) is 15.4. The summed E-state index contributed by atoms with van der Waals surface area (Å²) >= 11 is 1.62. The number of rotatable bonds is 8. The highest BCUT2D eigenvalue weighted by Gasteiger charge is 2.28. The van der Waals surface area contributed by atoms with Gasteiger partial charge in [-0.3, -0.25) is 9.36 Å². The average molecular weight is 454 g/mol. The number of thioether (sulfide) groups is 1. The molecule has 170 valence electrons. The Morgan fingerprint density at radius 1 is 1.16 bits per heavy atom. The van der Waals surface area contributed by atoms with Gasteiger partial charge in [-0.15, -0.1) is 0 Å². The van der Waals surface area contributed by atoms with Crippen molar-refractivity contribution in [1.82, 2.24) is 14.5 Å². The van der Waals surface area contributed by atoms with Crippen LogP contribution in [0.15, 0.2) is 40.3 Å². The Labute approximate surface area is 193 Å². The number of nitrogens with zero attached hydrogens (tertiary/aromatic N) is 3. The number of hydrogen-bond acceptors (Lipinski definition) is 6. The van der Waals surface area contributed by atoms with Gasteiger partial charge in [-0.05, 0) is 50.6 Å². The van der Waals surface area contributed by atoms with E-state index in [0.29, 0.717) is 29.2 Å². The van der Waals surface area contributed by atoms with Crippen molar-refractivity contribution in [2.24, 2.45) is 0 Å². The molecule has 7 heteroatoms. The number of pyridine rings is 1. The molecule has 0 unspecified atom stereocenters. The second kappa shape index (κ2) is 9.63. The van der Waals surface area contributed by atoms with Crippen LogP contribution in [0.2, 0.25) is 0 Å². The van der Waals surface area contributed by atoms with Crippen LogP contribution in [-0.4, -0.2) is 33.0 Å². The van der Waals surface area contributed by atoms with Gasteiger partial charge in [0.2, 0.25) is 0 Å². The van der Waals surface area contributed by atoms with Crippen LogP contribution in [-0.2, 0) is 17.8 Å². The molecule has 3 heterocycles. The lowest BCUT2D eigenvalue weighted by atomic mass is 9.95. The molecule has 0 fully saturated rings. The van der Waals surface area contributed by atoms with Crippen LogP contribution in [0.5, 0.6) is 5.75 Å². The first-order valence-corrected chi connectivity index (χ1v) is 12.3. The number of ether oxygens (including phenoxy) is 2. The maximum atomic E-state index is 13.7. The molecular weight excluding hydrogens is 422 g/mol. The van der Waals surface area contributed by atoms with Gasteiger partial charge in [0.1, 0.15) is 5.75 Å². The van der Waals surface area contributed by atoms with E-state index in [1.54, 1.807) is 23.4 Å². The molecule has 6 nitrogen and oxygen atoms in total. The number of benzene rings is 1. The lowest BCUT2D eigenvalue weighted by Crippen LogP contribution is -2.33. The van der Waals surface area contributed by atoms with Crippen molar-refractivity contribution in [3.8, 4) is 11.4 Å². The van der Waals surface area contributed by atoms with Gasteiger partial charge in [0, 0.05) is 17.7 Å². The normalized spacial score (nSPS) is 15.0. The summed E-state index contributed by atoms with van der Waals surface area (Å²) in [5.74, 6) is 1.67. The number of fused-ring (bicyclic) bond motifs is 2. The Morgan fingerprint density at radius 3 is 2.66 bits per heavy atom. The summed E-state index contributed by atoms with van der Waals surface area (Å²) in [6, 6.07) is 9.43. The molecule has 1 aromatic carbocycles. The number of hydrogen-bond donors (Lipinski definition) is 0. The van der Waals surface area contributed by atoms with Gasteiger partial charge < -0.3 is 9.47 Å². The van der Waals surface area contributed by atoms with E-state index in [1.165, 1.54) is 19.3 Å². The van der Waals surface area contributed by atoms with E-state index in [1.807, 2.05) is 30.3 Å². The lowest BCUT2D eigenvalue weighted by molar-refractivity contribution is -0.0411. The zero-order chi connectivity index (χ0) is 22.7. The highest BCUT2D eigenvalue weighted by Crippen LogP contribution is 2.29. The van der Waals surface area contributed by atoms with Crippen molar-refractivity contribution < 1.29 is 9.47 Å². The molecule has 0 radical (unpaired) electrons. The summed E-state index contributed by atoms with van der Waals surface area (Å²) in [5, 5.41) is 1.21. The Kier molecular flexibility index (Phi) is 6.86. The van der Waals surface area contributed by atoms with Crippen molar-refractivity contribution in [1.29, 1.82) is 0 Å². The van der Waals surface area contributed by atoms with Crippen molar-refractivity contribution >= 4 is 22.8 Å². The summed E-state index contributed by atoms with van der Waals surface area (Å²) in [4.78, 5) is 23.3. The van der Waals surface area contributed by atoms with Gasteiger partial charge >= 0.3 is 0 Å². The molecule has 0 amide bonds. The lowest BCUT2D eigenvalue weighted by Gasteiger charge is -2.31. The Bertz CT molecular complexity index is 1160. The van der Waals surface area contributed by atoms with Gasteiger partial charge in [0.25, 0.3) is 5.56 Å². The molecule has 0 atom stereocenters.